The van der Waals surface area contributed by atoms with Crippen molar-refractivity contribution in [1.82, 2.24) is 0 Å². The molecule has 0 aliphatic rings. The fourth-order valence-electron chi connectivity index (χ4n) is 1.11. The molecule has 0 atom stereocenters. The van der Waals surface area contributed by atoms with Crippen LogP contribution in [0.2, 0.25) is 0 Å². The number of nitrogens with one attached hydrogen (secondary N) is 1. The first-order valence-corrected chi connectivity index (χ1v) is 4.35. The number of hydrogen-bond acceptors (Lipinski definition) is 1. The quantitative estimate of drug-likeness (QED) is 0.553. The van der Waals surface area contributed by atoms with Gasteiger partial charge in [0.2, 0.25) is 0 Å². The zero-order valence-electron chi connectivity index (χ0n) is 7.81. The highest BCUT2D eigenvalue weighted by atomic mass is 19.1. The summed E-state index contributed by atoms with van der Waals surface area (Å²) in [7, 11) is 0. The van der Waals surface area contributed by atoms with E-state index in [9.17, 15) is 4.39 Å². The van der Waals surface area contributed by atoms with Crippen LogP contribution in [0.5, 0.6) is 0 Å². The molecule has 0 unspecified atom stereocenters. The van der Waals surface area contributed by atoms with Gasteiger partial charge in [0.1, 0.15) is 5.82 Å². The van der Waals surface area contributed by atoms with E-state index in [-0.39, 0.29) is 5.82 Å². The second kappa shape index (κ2) is 4.65. The van der Waals surface area contributed by atoms with Gasteiger partial charge >= 0.3 is 0 Å². The SMILES string of the molecule is C=CCCNc1cccc(F)c1C. The summed E-state index contributed by atoms with van der Waals surface area (Å²) in [4.78, 5) is 0. The van der Waals surface area contributed by atoms with E-state index in [0.29, 0.717) is 5.56 Å². The Morgan fingerprint density at radius 3 is 3.00 bits per heavy atom. The predicted molar refractivity (Wildman–Crippen MR) is 54.4 cm³/mol. The molecule has 1 rings (SSSR count). The molecule has 0 aliphatic heterocycles. The van der Waals surface area contributed by atoms with Crippen LogP contribution < -0.4 is 5.32 Å². The van der Waals surface area contributed by atoms with Gasteiger partial charge in [-0.2, -0.15) is 0 Å². The Morgan fingerprint density at radius 2 is 2.31 bits per heavy atom. The van der Waals surface area contributed by atoms with Gasteiger partial charge in [0.05, 0.1) is 0 Å². The largest absolute Gasteiger partial charge is 0.384 e. The van der Waals surface area contributed by atoms with Crippen molar-refractivity contribution in [2.24, 2.45) is 0 Å². The Labute approximate surface area is 78.3 Å². The summed E-state index contributed by atoms with van der Waals surface area (Å²) in [6.07, 6.45) is 2.72. The van der Waals surface area contributed by atoms with E-state index < -0.39 is 0 Å². The molecule has 1 aromatic rings. The van der Waals surface area contributed by atoms with Crippen molar-refractivity contribution in [3.63, 3.8) is 0 Å². The monoisotopic (exact) mass is 179 g/mol. The van der Waals surface area contributed by atoms with Gasteiger partial charge in [-0.25, -0.2) is 4.39 Å². The Balaban J connectivity index is 2.65. The average Bonchev–Trinajstić information content (AvgIpc) is 2.13. The van der Waals surface area contributed by atoms with E-state index in [1.807, 2.05) is 12.1 Å². The minimum atomic E-state index is -0.163. The maximum atomic E-state index is 13.0. The molecule has 70 valence electrons. The number of halogens is 1. The van der Waals surface area contributed by atoms with Crippen LogP contribution in [0.1, 0.15) is 12.0 Å². The summed E-state index contributed by atoms with van der Waals surface area (Å²) in [5, 5.41) is 3.14. The normalized spacial score (nSPS) is 9.69. The van der Waals surface area contributed by atoms with Gasteiger partial charge in [-0.05, 0) is 25.5 Å². The molecule has 0 amide bonds. The van der Waals surface area contributed by atoms with Gasteiger partial charge in [0, 0.05) is 17.8 Å². The maximum Gasteiger partial charge on any atom is 0.128 e. The highest BCUT2D eigenvalue weighted by molar-refractivity contribution is 5.50. The molecule has 2 heteroatoms. The van der Waals surface area contributed by atoms with Gasteiger partial charge < -0.3 is 5.32 Å². The Kier molecular flexibility index (Phi) is 3.50. The Hall–Kier alpha value is -1.31. The third-order valence-corrected chi connectivity index (χ3v) is 1.93. The third kappa shape index (κ3) is 2.58. The Morgan fingerprint density at radius 1 is 1.54 bits per heavy atom. The van der Waals surface area contributed by atoms with Crippen LogP contribution >= 0.6 is 0 Å². The molecule has 1 aromatic carbocycles. The van der Waals surface area contributed by atoms with Crippen molar-refractivity contribution < 1.29 is 4.39 Å². The van der Waals surface area contributed by atoms with Gasteiger partial charge in [-0.15, -0.1) is 6.58 Å². The van der Waals surface area contributed by atoms with E-state index in [0.717, 1.165) is 18.7 Å². The van der Waals surface area contributed by atoms with Crippen LogP contribution in [0.3, 0.4) is 0 Å². The molecule has 0 spiro atoms. The van der Waals surface area contributed by atoms with E-state index in [1.165, 1.54) is 6.07 Å². The standard InChI is InChI=1S/C11H14FN/c1-3-4-8-13-11-7-5-6-10(12)9(11)2/h3,5-7,13H,1,4,8H2,2H3. The van der Waals surface area contributed by atoms with Crippen molar-refractivity contribution >= 4 is 5.69 Å². The van der Waals surface area contributed by atoms with Crippen molar-refractivity contribution in [3.8, 4) is 0 Å². The van der Waals surface area contributed by atoms with Crippen molar-refractivity contribution in [2.45, 2.75) is 13.3 Å². The minimum absolute atomic E-state index is 0.163. The molecule has 0 saturated carbocycles. The van der Waals surface area contributed by atoms with Crippen molar-refractivity contribution in [2.75, 3.05) is 11.9 Å². The zero-order chi connectivity index (χ0) is 9.68. The lowest BCUT2D eigenvalue weighted by atomic mass is 10.2. The fourth-order valence-corrected chi connectivity index (χ4v) is 1.11. The first kappa shape index (κ1) is 9.78. The van der Waals surface area contributed by atoms with Crippen LogP contribution in [-0.4, -0.2) is 6.54 Å². The smallest absolute Gasteiger partial charge is 0.128 e. The molecule has 1 nitrogen and oxygen atoms in total. The maximum absolute atomic E-state index is 13.0. The Bertz CT molecular complexity index is 294. The second-order valence-electron chi connectivity index (χ2n) is 2.92. The number of benzene rings is 1. The third-order valence-electron chi connectivity index (χ3n) is 1.93. The summed E-state index contributed by atoms with van der Waals surface area (Å²) in [6.45, 7) is 6.19. The lowest BCUT2D eigenvalue weighted by Gasteiger charge is -2.08. The summed E-state index contributed by atoms with van der Waals surface area (Å²) in [5.41, 5.74) is 1.54. The number of hydrogen-bond donors (Lipinski definition) is 1. The molecular weight excluding hydrogens is 165 g/mol. The van der Waals surface area contributed by atoms with E-state index in [2.05, 4.69) is 11.9 Å². The lowest BCUT2D eigenvalue weighted by Crippen LogP contribution is -2.02. The molecule has 0 aliphatic carbocycles. The summed E-state index contributed by atoms with van der Waals surface area (Å²) in [5.74, 6) is -0.163. The minimum Gasteiger partial charge on any atom is -0.384 e. The molecule has 13 heavy (non-hydrogen) atoms. The first-order chi connectivity index (χ1) is 6.25. The molecule has 0 saturated heterocycles. The molecule has 0 heterocycles. The van der Waals surface area contributed by atoms with Gasteiger partial charge in [-0.1, -0.05) is 12.1 Å². The average molecular weight is 179 g/mol. The topological polar surface area (TPSA) is 12.0 Å². The highest BCUT2D eigenvalue weighted by Gasteiger charge is 2.00. The molecule has 0 fully saturated rings. The summed E-state index contributed by atoms with van der Waals surface area (Å²) in [6, 6.07) is 5.05. The van der Waals surface area contributed by atoms with E-state index >= 15 is 0 Å². The molecule has 0 radical (unpaired) electrons. The highest BCUT2D eigenvalue weighted by Crippen LogP contribution is 2.16. The summed E-state index contributed by atoms with van der Waals surface area (Å²) < 4.78 is 13.0. The fraction of sp³-hybridized carbons (Fsp3) is 0.273. The van der Waals surface area contributed by atoms with Gasteiger partial charge in [0.15, 0.2) is 0 Å². The van der Waals surface area contributed by atoms with Crippen LogP contribution in [0.25, 0.3) is 0 Å². The number of anilines is 1. The van der Waals surface area contributed by atoms with Crippen LogP contribution in [-0.2, 0) is 0 Å². The van der Waals surface area contributed by atoms with Gasteiger partial charge in [-0.3, -0.25) is 0 Å². The van der Waals surface area contributed by atoms with Crippen LogP contribution in [0.15, 0.2) is 30.9 Å². The molecule has 1 N–H and O–H groups in total. The van der Waals surface area contributed by atoms with E-state index in [1.54, 1.807) is 13.0 Å². The zero-order valence-corrected chi connectivity index (χ0v) is 7.81. The molecule has 0 aromatic heterocycles. The molecule has 0 bridgehead atoms. The second-order valence-corrected chi connectivity index (χ2v) is 2.92. The van der Waals surface area contributed by atoms with E-state index in [4.69, 9.17) is 0 Å². The lowest BCUT2D eigenvalue weighted by molar-refractivity contribution is 0.619. The first-order valence-electron chi connectivity index (χ1n) is 4.35. The molecular formula is C11H14FN. The van der Waals surface area contributed by atoms with Crippen molar-refractivity contribution in [1.29, 1.82) is 0 Å². The van der Waals surface area contributed by atoms with Crippen LogP contribution in [0, 0.1) is 12.7 Å². The number of rotatable bonds is 4. The van der Waals surface area contributed by atoms with Crippen molar-refractivity contribution in [3.05, 3.63) is 42.2 Å². The summed E-state index contributed by atoms with van der Waals surface area (Å²) >= 11 is 0. The predicted octanol–water partition coefficient (Wildman–Crippen LogP) is 3.12. The van der Waals surface area contributed by atoms with Crippen LogP contribution in [0.4, 0.5) is 10.1 Å². The van der Waals surface area contributed by atoms with Gasteiger partial charge in [0.25, 0.3) is 0 Å².